The summed E-state index contributed by atoms with van der Waals surface area (Å²) in [6.45, 7) is 0. The molecule has 0 spiro atoms. The van der Waals surface area contributed by atoms with E-state index in [-0.39, 0.29) is 40.7 Å². The molecule has 4 rings (SSSR count). The van der Waals surface area contributed by atoms with Gasteiger partial charge in [0.1, 0.15) is 22.9 Å². The van der Waals surface area contributed by atoms with Crippen LogP contribution in [0, 0.1) is 5.82 Å². The zero-order valence-electron chi connectivity index (χ0n) is 19.2. The molecule has 0 bridgehead atoms. The second-order valence-electron chi connectivity index (χ2n) is 8.30. The summed E-state index contributed by atoms with van der Waals surface area (Å²) in [6, 6.07) is 14.7. The zero-order valence-corrected chi connectivity index (χ0v) is 20.0. The fourth-order valence-electron chi connectivity index (χ4n) is 4.02. The normalized spacial score (nSPS) is 17.4. The van der Waals surface area contributed by atoms with Crippen LogP contribution >= 0.6 is 11.8 Å². The summed E-state index contributed by atoms with van der Waals surface area (Å²) in [5, 5.41) is 15.8. The Morgan fingerprint density at radius 2 is 1.63 bits per heavy atom. The van der Waals surface area contributed by atoms with Gasteiger partial charge in [-0.15, -0.1) is 11.8 Å². The number of aromatic hydroxyl groups is 1. The van der Waals surface area contributed by atoms with Crippen LogP contribution in [0.15, 0.2) is 65.7 Å². The van der Waals surface area contributed by atoms with Gasteiger partial charge in [-0.05, 0) is 68.3 Å². The van der Waals surface area contributed by atoms with Gasteiger partial charge in [-0.1, -0.05) is 18.2 Å². The van der Waals surface area contributed by atoms with Gasteiger partial charge in [0.2, 0.25) is 5.88 Å². The van der Waals surface area contributed by atoms with Crippen molar-refractivity contribution in [1.82, 2.24) is 15.6 Å². The molecule has 9 heteroatoms. The van der Waals surface area contributed by atoms with Crippen LogP contribution in [0.5, 0.6) is 17.4 Å². The van der Waals surface area contributed by atoms with E-state index in [1.807, 2.05) is 24.5 Å². The third-order valence-corrected chi connectivity index (χ3v) is 6.59. The van der Waals surface area contributed by atoms with Gasteiger partial charge in [0.25, 0.3) is 11.8 Å². The Kier molecular flexibility index (Phi) is 7.87. The summed E-state index contributed by atoms with van der Waals surface area (Å²) in [6.07, 6.45) is 5.58. The number of phenolic OH excluding ortho intramolecular Hbond substituents is 1. The number of ether oxygens (including phenoxy) is 1. The molecular formula is C26H26FN3O4S. The molecular weight excluding hydrogens is 469 g/mol. The van der Waals surface area contributed by atoms with Crippen LogP contribution in [-0.4, -0.2) is 40.2 Å². The van der Waals surface area contributed by atoms with E-state index in [4.69, 9.17) is 4.74 Å². The molecule has 0 atom stereocenters. The van der Waals surface area contributed by atoms with E-state index < -0.39 is 11.7 Å². The van der Waals surface area contributed by atoms with Crippen LogP contribution < -0.4 is 15.4 Å². The van der Waals surface area contributed by atoms with Crippen molar-refractivity contribution in [3.05, 3.63) is 77.7 Å². The fourth-order valence-corrected chi connectivity index (χ4v) is 4.47. The Balaban J connectivity index is 1.36. The summed E-state index contributed by atoms with van der Waals surface area (Å²) >= 11 is 1.55. The highest BCUT2D eigenvalue weighted by Crippen LogP contribution is 2.28. The average Bonchev–Trinajstić information content (AvgIpc) is 2.86. The van der Waals surface area contributed by atoms with Crippen molar-refractivity contribution in [3.63, 3.8) is 0 Å². The van der Waals surface area contributed by atoms with E-state index in [0.29, 0.717) is 31.4 Å². The molecule has 1 aliphatic rings. The van der Waals surface area contributed by atoms with E-state index in [0.717, 1.165) is 17.2 Å². The number of carbonyl (C=O) groups is 2. The van der Waals surface area contributed by atoms with E-state index in [2.05, 4.69) is 15.6 Å². The first kappa shape index (κ1) is 24.5. The number of hydrogen-bond donors (Lipinski definition) is 3. The third kappa shape index (κ3) is 6.30. The van der Waals surface area contributed by atoms with Crippen LogP contribution in [0.2, 0.25) is 0 Å². The smallest absolute Gasteiger partial charge is 0.257 e. The van der Waals surface area contributed by atoms with E-state index in [1.54, 1.807) is 36.0 Å². The molecule has 2 amide bonds. The van der Waals surface area contributed by atoms with Crippen molar-refractivity contribution in [3.8, 4) is 17.4 Å². The number of hydrogen-bond acceptors (Lipinski definition) is 6. The second kappa shape index (κ2) is 11.2. The lowest BCUT2D eigenvalue weighted by atomic mass is 9.90. The molecule has 3 aromatic rings. The lowest BCUT2D eigenvalue weighted by Crippen LogP contribution is -2.43. The maximum Gasteiger partial charge on any atom is 0.257 e. The maximum atomic E-state index is 13.9. The summed E-state index contributed by atoms with van der Waals surface area (Å²) < 4.78 is 19.7. The number of phenols is 1. The number of nitrogens with zero attached hydrogens (tertiary/aromatic N) is 1. The number of amides is 2. The molecule has 1 saturated carbocycles. The molecule has 2 aromatic carbocycles. The number of carbonyl (C=O) groups excluding carboxylic acids is 2. The van der Waals surface area contributed by atoms with Gasteiger partial charge in [0.15, 0.2) is 0 Å². The highest BCUT2D eigenvalue weighted by molar-refractivity contribution is 7.98. The number of benzene rings is 2. The third-order valence-electron chi connectivity index (χ3n) is 5.86. The minimum atomic E-state index is -0.629. The maximum absolute atomic E-state index is 13.9. The molecule has 0 saturated heterocycles. The predicted octanol–water partition coefficient (Wildman–Crippen LogP) is 4.91. The van der Waals surface area contributed by atoms with Gasteiger partial charge in [-0.3, -0.25) is 9.59 Å². The highest BCUT2D eigenvalue weighted by Gasteiger charge is 2.26. The van der Waals surface area contributed by atoms with Crippen molar-refractivity contribution >= 4 is 23.6 Å². The van der Waals surface area contributed by atoms with Gasteiger partial charge in [-0.25, -0.2) is 9.37 Å². The van der Waals surface area contributed by atoms with Gasteiger partial charge in [0, 0.05) is 17.0 Å². The number of thioether (sulfide) groups is 1. The highest BCUT2D eigenvalue weighted by atomic mass is 32.2. The summed E-state index contributed by atoms with van der Waals surface area (Å²) in [5.41, 5.74) is 0.256. The van der Waals surface area contributed by atoms with Crippen molar-refractivity contribution in [2.75, 3.05) is 6.26 Å². The minimum Gasteiger partial charge on any atom is -0.507 e. The first-order valence-corrected chi connectivity index (χ1v) is 12.5. The molecule has 3 N–H and O–H groups in total. The van der Waals surface area contributed by atoms with E-state index in [1.165, 1.54) is 6.07 Å². The van der Waals surface area contributed by atoms with Crippen molar-refractivity contribution in [1.29, 1.82) is 0 Å². The van der Waals surface area contributed by atoms with Crippen LogP contribution in [0.1, 0.15) is 46.4 Å². The molecule has 35 heavy (non-hydrogen) atoms. The first-order valence-electron chi connectivity index (χ1n) is 11.3. The molecule has 1 aromatic heterocycles. The first-order chi connectivity index (χ1) is 16.9. The fraction of sp³-hybridized carbons (Fsp3) is 0.269. The number of aromatic nitrogens is 1. The SMILES string of the molecule is CSc1cccc(Oc2ncc(F)cc2C(=O)NC2CCC(NC(=O)c3ccccc3O)CC2)c1. The summed E-state index contributed by atoms with van der Waals surface area (Å²) in [4.78, 5) is 30.4. The Hall–Kier alpha value is -3.59. The molecule has 0 aliphatic heterocycles. The minimum absolute atomic E-state index is 0.0227. The van der Waals surface area contributed by atoms with Crippen molar-refractivity contribution in [2.24, 2.45) is 0 Å². The largest absolute Gasteiger partial charge is 0.507 e. The Morgan fingerprint density at radius 1 is 0.971 bits per heavy atom. The molecule has 1 aliphatic carbocycles. The predicted molar refractivity (Wildman–Crippen MR) is 132 cm³/mol. The zero-order chi connectivity index (χ0) is 24.8. The summed E-state index contributed by atoms with van der Waals surface area (Å²) in [5.74, 6) is -0.941. The number of rotatable bonds is 7. The molecule has 7 nitrogen and oxygen atoms in total. The lowest BCUT2D eigenvalue weighted by Gasteiger charge is -2.29. The van der Waals surface area contributed by atoms with Gasteiger partial charge >= 0.3 is 0 Å². The number of pyridine rings is 1. The van der Waals surface area contributed by atoms with Crippen molar-refractivity contribution in [2.45, 2.75) is 42.7 Å². The average molecular weight is 496 g/mol. The molecule has 0 radical (unpaired) electrons. The van der Waals surface area contributed by atoms with Gasteiger partial charge in [-0.2, -0.15) is 0 Å². The molecule has 1 fully saturated rings. The van der Waals surface area contributed by atoms with Crippen LogP contribution in [-0.2, 0) is 0 Å². The van der Waals surface area contributed by atoms with Crippen LogP contribution in [0.25, 0.3) is 0 Å². The lowest BCUT2D eigenvalue weighted by molar-refractivity contribution is 0.0888. The van der Waals surface area contributed by atoms with Crippen LogP contribution in [0.3, 0.4) is 0 Å². The summed E-state index contributed by atoms with van der Waals surface area (Å²) in [7, 11) is 0. The molecule has 1 heterocycles. The Morgan fingerprint density at radius 3 is 2.29 bits per heavy atom. The Labute approximate surface area is 207 Å². The monoisotopic (exact) mass is 495 g/mol. The molecule has 0 unspecified atom stereocenters. The van der Waals surface area contributed by atoms with Crippen molar-refractivity contribution < 1.29 is 23.8 Å². The van der Waals surface area contributed by atoms with E-state index >= 15 is 0 Å². The number of nitrogens with one attached hydrogen (secondary N) is 2. The number of para-hydroxylation sites is 1. The topological polar surface area (TPSA) is 101 Å². The van der Waals surface area contributed by atoms with Gasteiger partial charge < -0.3 is 20.5 Å². The van der Waals surface area contributed by atoms with Crippen LogP contribution in [0.4, 0.5) is 4.39 Å². The Bertz CT molecular complexity index is 1210. The molecule has 182 valence electrons. The number of halogens is 1. The second-order valence-corrected chi connectivity index (χ2v) is 9.18. The van der Waals surface area contributed by atoms with Gasteiger partial charge in [0.05, 0.1) is 11.8 Å². The standard InChI is InChI=1S/C26H26FN3O4S/c1-35-20-6-4-5-19(14-20)34-26-22(13-16(27)15-28-26)25(33)30-18-11-9-17(10-12-18)29-24(32)21-7-2-3-8-23(21)31/h2-8,13-15,17-18,31H,9-12H2,1H3,(H,29,32)(H,30,33). The quantitative estimate of drug-likeness (QED) is 0.403. The van der Waals surface area contributed by atoms with E-state index in [9.17, 15) is 19.1 Å².